The fourth-order valence-corrected chi connectivity index (χ4v) is 1.48. The van der Waals surface area contributed by atoms with Crippen LogP contribution in [0.25, 0.3) is 0 Å². The molecule has 0 aliphatic rings. The molecule has 0 radical (unpaired) electrons. The van der Waals surface area contributed by atoms with E-state index in [2.05, 4.69) is 5.10 Å². The van der Waals surface area contributed by atoms with Crippen molar-refractivity contribution in [2.75, 3.05) is 5.84 Å². The molecule has 0 fully saturated rings. The Morgan fingerprint density at radius 1 is 1.18 bits per heavy atom. The molecule has 0 aliphatic carbocycles. The van der Waals surface area contributed by atoms with Gasteiger partial charge in [-0.15, -0.1) is 5.10 Å². The van der Waals surface area contributed by atoms with Crippen LogP contribution in [0.15, 0.2) is 36.5 Å². The number of nitrogens with zero attached hydrogens (tertiary/aromatic N) is 2. The Kier molecular flexibility index (Phi) is 2.61. The number of carbonyl (C=O) groups excluding carboxylic acids is 2. The molecule has 1 heterocycles. The number of benzene rings is 1. The topological polar surface area (TPSA) is 104 Å². The number of nitrogens with two attached hydrogens (primary N) is 2. The highest BCUT2D eigenvalue weighted by Gasteiger charge is 2.20. The van der Waals surface area contributed by atoms with Crippen LogP contribution in [0.5, 0.6) is 0 Å². The Labute approximate surface area is 96.8 Å². The molecule has 0 atom stereocenters. The van der Waals surface area contributed by atoms with Crippen molar-refractivity contribution in [1.82, 2.24) is 9.89 Å². The molecule has 2 aromatic rings. The van der Waals surface area contributed by atoms with Crippen molar-refractivity contribution in [3.63, 3.8) is 0 Å². The lowest BCUT2D eigenvalue weighted by atomic mass is 10.0. The SMILES string of the molecule is NC(=O)c1nn(N)cc1C(=O)c1ccccc1. The van der Waals surface area contributed by atoms with E-state index in [-0.39, 0.29) is 17.0 Å². The van der Waals surface area contributed by atoms with E-state index in [1.807, 2.05) is 0 Å². The Morgan fingerprint density at radius 2 is 1.82 bits per heavy atom. The van der Waals surface area contributed by atoms with Gasteiger partial charge in [-0.1, -0.05) is 30.3 Å². The van der Waals surface area contributed by atoms with Gasteiger partial charge in [-0.3, -0.25) is 9.59 Å². The van der Waals surface area contributed by atoms with Crippen LogP contribution in [-0.4, -0.2) is 21.6 Å². The molecule has 0 spiro atoms. The van der Waals surface area contributed by atoms with E-state index >= 15 is 0 Å². The van der Waals surface area contributed by atoms with E-state index in [0.29, 0.717) is 5.56 Å². The number of carbonyl (C=O) groups is 2. The second kappa shape index (κ2) is 4.09. The van der Waals surface area contributed by atoms with Crippen LogP contribution in [0.2, 0.25) is 0 Å². The highest BCUT2D eigenvalue weighted by molar-refractivity contribution is 6.14. The van der Waals surface area contributed by atoms with E-state index in [1.165, 1.54) is 6.20 Å². The molecular weight excluding hydrogens is 220 g/mol. The summed E-state index contributed by atoms with van der Waals surface area (Å²) in [5.74, 6) is 4.26. The molecule has 4 N–H and O–H groups in total. The first-order valence-electron chi connectivity index (χ1n) is 4.84. The fraction of sp³-hybridized carbons (Fsp3) is 0. The lowest BCUT2D eigenvalue weighted by Gasteiger charge is -1.98. The molecule has 6 nitrogen and oxygen atoms in total. The van der Waals surface area contributed by atoms with Crippen molar-refractivity contribution < 1.29 is 9.59 Å². The Morgan fingerprint density at radius 3 is 2.41 bits per heavy atom. The Hall–Kier alpha value is -2.63. The standard InChI is InChI=1S/C11H10N4O2/c12-11(17)9-8(6-15(13)14-9)10(16)7-4-2-1-3-5-7/h1-6H,13H2,(H2,12,17). The molecule has 2 rings (SSSR count). The van der Waals surface area contributed by atoms with Crippen molar-refractivity contribution in [3.8, 4) is 0 Å². The maximum absolute atomic E-state index is 12.1. The van der Waals surface area contributed by atoms with Gasteiger partial charge in [-0.05, 0) is 0 Å². The fourth-order valence-electron chi connectivity index (χ4n) is 1.48. The smallest absolute Gasteiger partial charge is 0.270 e. The second-order valence-corrected chi connectivity index (χ2v) is 3.43. The number of primary amides is 1. The summed E-state index contributed by atoms with van der Waals surface area (Å²) >= 11 is 0. The summed E-state index contributed by atoms with van der Waals surface area (Å²) in [7, 11) is 0. The van der Waals surface area contributed by atoms with E-state index < -0.39 is 5.91 Å². The number of hydrogen-bond donors (Lipinski definition) is 2. The van der Waals surface area contributed by atoms with Gasteiger partial charge in [0.2, 0.25) is 0 Å². The highest BCUT2D eigenvalue weighted by Crippen LogP contribution is 2.12. The van der Waals surface area contributed by atoms with Gasteiger partial charge in [0, 0.05) is 5.56 Å². The van der Waals surface area contributed by atoms with Crippen LogP contribution in [0.1, 0.15) is 26.4 Å². The largest absolute Gasteiger partial charge is 0.364 e. The minimum absolute atomic E-state index is 0.103. The maximum atomic E-state index is 12.1. The van der Waals surface area contributed by atoms with Crippen molar-refractivity contribution in [1.29, 1.82) is 0 Å². The summed E-state index contributed by atoms with van der Waals surface area (Å²) in [5.41, 5.74) is 5.55. The summed E-state index contributed by atoms with van der Waals surface area (Å²) in [5, 5.41) is 3.66. The van der Waals surface area contributed by atoms with Gasteiger partial charge >= 0.3 is 0 Å². The summed E-state index contributed by atoms with van der Waals surface area (Å²) < 4.78 is 0. The second-order valence-electron chi connectivity index (χ2n) is 3.43. The quantitative estimate of drug-likeness (QED) is 0.568. The van der Waals surface area contributed by atoms with Gasteiger partial charge in [0.15, 0.2) is 11.5 Å². The first-order chi connectivity index (χ1) is 8.09. The number of ketones is 1. The molecule has 17 heavy (non-hydrogen) atoms. The maximum Gasteiger partial charge on any atom is 0.270 e. The zero-order valence-electron chi connectivity index (χ0n) is 8.83. The molecule has 0 unspecified atom stereocenters. The number of aromatic nitrogens is 2. The van der Waals surface area contributed by atoms with Gasteiger partial charge in [-0.2, -0.15) is 4.79 Å². The molecular formula is C11H10N4O2. The molecule has 0 saturated carbocycles. The van der Waals surface area contributed by atoms with Crippen molar-refractivity contribution in [3.05, 3.63) is 53.3 Å². The Balaban J connectivity index is 2.48. The van der Waals surface area contributed by atoms with Gasteiger partial charge in [-0.25, -0.2) is 0 Å². The van der Waals surface area contributed by atoms with Gasteiger partial charge in [0.25, 0.3) is 5.91 Å². The lowest BCUT2D eigenvalue weighted by molar-refractivity contribution is 0.0977. The van der Waals surface area contributed by atoms with Crippen LogP contribution in [0, 0.1) is 0 Å². The van der Waals surface area contributed by atoms with Gasteiger partial charge < -0.3 is 11.6 Å². The third kappa shape index (κ3) is 2.00. The van der Waals surface area contributed by atoms with Gasteiger partial charge in [0.1, 0.15) is 0 Å². The van der Waals surface area contributed by atoms with Crippen LogP contribution in [0.4, 0.5) is 0 Å². The highest BCUT2D eigenvalue weighted by atomic mass is 16.1. The molecule has 1 aromatic carbocycles. The van der Waals surface area contributed by atoms with Crippen LogP contribution in [0.3, 0.4) is 0 Å². The predicted octanol–water partition coefficient (Wildman–Crippen LogP) is -0.0732. The average Bonchev–Trinajstić information content (AvgIpc) is 2.72. The summed E-state index contributed by atoms with van der Waals surface area (Å²) in [6, 6.07) is 8.52. The average molecular weight is 230 g/mol. The van der Waals surface area contributed by atoms with E-state index in [1.54, 1.807) is 30.3 Å². The third-order valence-corrected chi connectivity index (χ3v) is 2.25. The van der Waals surface area contributed by atoms with Crippen molar-refractivity contribution in [2.24, 2.45) is 5.73 Å². The molecule has 6 heteroatoms. The lowest BCUT2D eigenvalue weighted by Crippen LogP contribution is -2.17. The third-order valence-electron chi connectivity index (χ3n) is 2.25. The van der Waals surface area contributed by atoms with Gasteiger partial charge in [0.05, 0.1) is 11.8 Å². The number of rotatable bonds is 3. The number of nitrogen functional groups attached to an aromatic ring is 1. The molecule has 0 aliphatic heterocycles. The number of amides is 1. The zero-order chi connectivity index (χ0) is 12.4. The predicted molar refractivity (Wildman–Crippen MR) is 60.8 cm³/mol. The summed E-state index contributed by atoms with van der Waals surface area (Å²) in [4.78, 5) is 24.1. The molecule has 0 saturated heterocycles. The zero-order valence-corrected chi connectivity index (χ0v) is 8.83. The van der Waals surface area contributed by atoms with Crippen molar-refractivity contribution >= 4 is 11.7 Å². The minimum Gasteiger partial charge on any atom is -0.364 e. The van der Waals surface area contributed by atoms with E-state index in [9.17, 15) is 9.59 Å². The monoisotopic (exact) mass is 230 g/mol. The van der Waals surface area contributed by atoms with Crippen molar-refractivity contribution in [2.45, 2.75) is 0 Å². The van der Waals surface area contributed by atoms with E-state index in [4.69, 9.17) is 11.6 Å². The summed E-state index contributed by atoms with van der Waals surface area (Å²) in [6.07, 6.45) is 1.27. The van der Waals surface area contributed by atoms with Crippen LogP contribution in [-0.2, 0) is 0 Å². The normalized spacial score (nSPS) is 10.1. The molecule has 1 amide bonds. The first-order valence-corrected chi connectivity index (χ1v) is 4.84. The van der Waals surface area contributed by atoms with E-state index in [0.717, 1.165) is 4.79 Å². The molecule has 0 bridgehead atoms. The Bertz CT molecular complexity index is 574. The molecule has 1 aromatic heterocycles. The van der Waals surface area contributed by atoms with Crippen LogP contribution < -0.4 is 11.6 Å². The minimum atomic E-state index is -0.784. The first kappa shape index (κ1) is 10.9. The summed E-state index contributed by atoms with van der Waals surface area (Å²) in [6.45, 7) is 0. The number of hydrogen-bond acceptors (Lipinski definition) is 4. The molecule has 86 valence electrons. The van der Waals surface area contributed by atoms with Crippen LogP contribution >= 0.6 is 0 Å².